The van der Waals surface area contributed by atoms with Crippen molar-refractivity contribution in [3.63, 3.8) is 0 Å². The molecule has 0 radical (unpaired) electrons. The Kier molecular flexibility index (Phi) is 4.00. The van der Waals surface area contributed by atoms with Crippen molar-refractivity contribution in [1.29, 1.82) is 0 Å². The van der Waals surface area contributed by atoms with Crippen molar-refractivity contribution in [2.75, 3.05) is 0 Å². The molecule has 0 bridgehead atoms. The molecule has 1 aromatic heterocycles. The van der Waals surface area contributed by atoms with Gasteiger partial charge < -0.3 is 4.98 Å². The predicted molar refractivity (Wildman–Crippen MR) is 93.0 cm³/mol. The molecule has 122 valence electrons. The molecule has 0 atom stereocenters. The fourth-order valence-electron chi connectivity index (χ4n) is 3.92. The summed E-state index contributed by atoms with van der Waals surface area (Å²) in [5.41, 5.74) is 3.15. The summed E-state index contributed by atoms with van der Waals surface area (Å²) in [6.45, 7) is 6.71. The second-order valence-corrected chi connectivity index (χ2v) is 6.46. The van der Waals surface area contributed by atoms with Gasteiger partial charge in [0.05, 0.1) is 5.69 Å². The van der Waals surface area contributed by atoms with Crippen molar-refractivity contribution in [2.45, 2.75) is 58.4 Å². The number of H-pyrrole nitrogens is 1. The lowest BCUT2D eigenvalue weighted by Gasteiger charge is -2.38. The van der Waals surface area contributed by atoms with Crippen LogP contribution < -0.4 is 11.2 Å². The zero-order chi connectivity index (χ0) is 16.6. The lowest BCUT2D eigenvalue weighted by atomic mass is 9.66. The fourth-order valence-corrected chi connectivity index (χ4v) is 3.92. The maximum Gasteiger partial charge on any atom is 0.328 e. The molecule has 0 aliphatic heterocycles. The Labute approximate surface area is 136 Å². The summed E-state index contributed by atoms with van der Waals surface area (Å²) in [5.74, 6) is 0. The molecule has 1 aliphatic carbocycles. The first-order valence-electron chi connectivity index (χ1n) is 8.53. The van der Waals surface area contributed by atoms with E-state index in [-0.39, 0.29) is 16.7 Å². The smallest absolute Gasteiger partial charge is 0.306 e. The van der Waals surface area contributed by atoms with E-state index >= 15 is 0 Å². The van der Waals surface area contributed by atoms with Crippen molar-refractivity contribution >= 4 is 0 Å². The molecule has 0 spiro atoms. The van der Waals surface area contributed by atoms with Gasteiger partial charge in [-0.25, -0.2) is 4.79 Å². The van der Waals surface area contributed by atoms with Gasteiger partial charge >= 0.3 is 5.69 Å². The standard InChI is InChI=1S/C19H24N2O2/c1-4-11-21-17(22)15-16(20-18(21)23)14-10-8-7-9-13(14)12-19(15,5-2)6-3/h7-10H,4-6,11-12H2,1-3H3,(H,20,23). The van der Waals surface area contributed by atoms with Crippen LogP contribution in [0.4, 0.5) is 0 Å². The SMILES string of the molecule is CCCn1c(=O)[nH]c2c(c1=O)C(CC)(CC)Cc1ccccc1-2. The first kappa shape index (κ1) is 15.8. The fraction of sp³-hybridized carbons (Fsp3) is 0.474. The Morgan fingerprint density at radius 1 is 1.13 bits per heavy atom. The number of hydrogen-bond donors (Lipinski definition) is 1. The average Bonchev–Trinajstić information content (AvgIpc) is 2.57. The molecule has 3 rings (SSSR count). The lowest BCUT2D eigenvalue weighted by molar-refractivity contribution is 0.378. The highest BCUT2D eigenvalue weighted by molar-refractivity contribution is 5.71. The highest BCUT2D eigenvalue weighted by Gasteiger charge is 2.39. The van der Waals surface area contributed by atoms with E-state index in [1.807, 2.05) is 25.1 Å². The average molecular weight is 312 g/mol. The summed E-state index contributed by atoms with van der Waals surface area (Å²) in [7, 11) is 0. The van der Waals surface area contributed by atoms with Crippen molar-refractivity contribution in [2.24, 2.45) is 0 Å². The van der Waals surface area contributed by atoms with E-state index in [9.17, 15) is 9.59 Å². The third-order valence-corrected chi connectivity index (χ3v) is 5.33. The minimum Gasteiger partial charge on any atom is -0.306 e. The normalized spacial score (nSPS) is 15.1. The number of hydrogen-bond acceptors (Lipinski definition) is 2. The third kappa shape index (κ3) is 2.28. The Morgan fingerprint density at radius 2 is 1.83 bits per heavy atom. The van der Waals surface area contributed by atoms with Gasteiger partial charge in [-0.3, -0.25) is 9.36 Å². The molecule has 1 aliphatic rings. The van der Waals surface area contributed by atoms with Crippen molar-refractivity contribution in [1.82, 2.24) is 9.55 Å². The topological polar surface area (TPSA) is 54.9 Å². The van der Waals surface area contributed by atoms with Gasteiger partial charge in [0, 0.05) is 23.1 Å². The molecule has 0 fully saturated rings. The van der Waals surface area contributed by atoms with Crippen LogP contribution in [0.25, 0.3) is 11.3 Å². The van der Waals surface area contributed by atoms with Gasteiger partial charge in [0.15, 0.2) is 0 Å². The second kappa shape index (κ2) is 5.84. The van der Waals surface area contributed by atoms with Gasteiger partial charge in [0.1, 0.15) is 0 Å². The van der Waals surface area contributed by atoms with Gasteiger partial charge in [-0.1, -0.05) is 45.0 Å². The predicted octanol–water partition coefficient (Wildman–Crippen LogP) is 3.23. The number of rotatable bonds is 4. The van der Waals surface area contributed by atoms with Crippen LogP contribution in [0, 0.1) is 0 Å². The largest absolute Gasteiger partial charge is 0.328 e. The second-order valence-electron chi connectivity index (χ2n) is 6.46. The van der Waals surface area contributed by atoms with E-state index < -0.39 is 0 Å². The van der Waals surface area contributed by atoms with Crippen LogP contribution in [0.3, 0.4) is 0 Å². The van der Waals surface area contributed by atoms with Crippen LogP contribution in [-0.2, 0) is 18.4 Å². The first-order chi connectivity index (χ1) is 11.1. The monoisotopic (exact) mass is 312 g/mol. The van der Waals surface area contributed by atoms with Crippen molar-refractivity contribution < 1.29 is 0 Å². The molecular formula is C19H24N2O2. The number of nitrogens with zero attached hydrogens (tertiary/aromatic N) is 1. The minimum absolute atomic E-state index is 0.108. The van der Waals surface area contributed by atoms with Crippen LogP contribution in [0.5, 0.6) is 0 Å². The van der Waals surface area contributed by atoms with Crippen LogP contribution in [0.15, 0.2) is 33.9 Å². The molecule has 1 N–H and O–H groups in total. The van der Waals surface area contributed by atoms with Crippen molar-refractivity contribution in [3.05, 3.63) is 56.2 Å². The highest BCUT2D eigenvalue weighted by Crippen LogP contribution is 2.43. The minimum atomic E-state index is -0.298. The van der Waals surface area contributed by atoms with E-state index in [1.54, 1.807) is 0 Å². The van der Waals surface area contributed by atoms with Gasteiger partial charge in [-0.15, -0.1) is 0 Å². The summed E-state index contributed by atoms with van der Waals surface area (Å²) in [6.07, 6.45) is 3.40. The molecule has 23 heavy (non-hydrogen) atoms. The van der Waals surface area contributed by atoms with E-state index in [2.05, 4.69) is 24.9 Å². The Bertz CT molecular complexity index is 841. The summed E-state index contributed by atoms with van der Waals surface area (Å²) in [4.78, 5) is 28.5. The molecule has 1 heterocycles. The third-order valence-electron chi connectivity index (χ3n) is 5.33. The number of nitrogens with one attached hydrogen (secondary N) is 1. The number of aromatic amines is 1. The van der Waals surface area contributed by atoms with Gasteiger partial charge in [0.25, 0.3) is 5.56 Å². The highest BCUT2D eigenvalue weighted by atomic mass is 16.2. The number of fused-ring (bicyclic) bond motifs is 3. The zero-order valence-corrected chi connectivity index (χ0v) is 14.1. The van der Waals surface area contributed by atoms with Gasteiger partial charge in [0.2, 0.25) is 0 Å². The molecule has 0 unspecified atom stereocenters. The Morgan fingerprint density at radius 3 is 2.48 bits per heavy atom. The van der Waals surface area contributed by atoms with E-state index in [1.165, 1.54) is 10.1 Å². The van der Waals surface area contributed by atoms with Crippen LogP contribution in [0.2, 0.25) is 0 Å². The van der Waals surface area contributed by atoms with E-state index in [0.29, 0.717) is 6.54 Å². The number of benzene rings is 1. The maximum atomic E-state index is 13.1. The van der Waals surface area contributed by atoms with Crippen LogP contribution in [0.1, 0.15) is 51.2 Å². The summed E-state index contributed by atoms with van der Waals surface area (Å²) in [6, 6.07) is 8.09. The molecule has 1 aromatic carbocycles. The Balaban J connectivity index is 2.41. The van der Waals surface area contributed by atoms with E-state index in [4.69, 9.17) is 0 Å². The first-order valence-corrected chi connectivity index (χ1v) is 8.53. The molecule has 4 nitrogen and oxygen atoms in total. The summed E-state index contributed by atoms with van der Waals surface area (Å²) in [5, 5.41) is 0. The molecule has 0 saturated heterocycles. The van der Waals surface area contributed by atoms with Crippen LogP contribution in [-0.4, -0.2) is 9.55 Å². The molecule has 2 aromatic rings. The number of aromatic nitrogens is 2. The van der Waals surface area contributed by atoms with Gasteiger partial charge in [-0.2, -0.15) is 0 Å². The van der Waals surface area contributed by atoms with Crippen molar-refractivity contribution in [3.8, 4) is 11.3 Å². The maximum absolute atomic E-state index is 13.1. The zero-order valence-electron chi connectivity index (χ0n) is 14.1. The van der Waals surface area contributed by atoms with Crippen LogP contribution >= 0.6 is 0 Å². The van der Waals surface area contributed by atoms with E-state index in [0.717, 1.165) is 42.5 Å². The lowest BCUT2D eigenvalue weighted by Crippen LogP contribution is -2.45. The Hall–Kier alpha value is -2.10. The molecule has 0 saturated carbocycles. The quantitative estimate of drug-likeness (QED) is 0.942. The molecule has 0 amide bonds. The summed E-state index contributed by atoms with van der Waals surface area (Å²) < 4.78 is 1.37. The molecule has 4 heteroatoms. The van der Waals surface area contributed by atoms with Gasteiger partial charge in [-0.05, 0) is 31.2 Å². The summed E-state index contributed by atoms with van der Waals surface area (Å²) >= 11 is 0. The molecular weight excluding hydrogens is 288 g/mol.